The summed E-state index contributed by atoms with van der Waals surface area (Å²) in [6.45, 7) is 3.97. The number of anilines is 1. The van der Waals surface area contributed by atoms with Crippen molar-refractivity contribution in [3.63, 3.8) is 0 Å². The first-order valence-electron chi connectivity index (χ1n) is 7.99. The lowest BCUT2D eigenvalue weighted by Crippen LogP contribution is -2.14. The summed E-state index contributed by atoms with van der Waals surface area (Å²) in [5.74, 6) is 1.58. The van der Waals surface area contributed by atoms with E-state index < -0.39 is 0 Å². The van der Waals surface area contributed by atoms with E-state index in [9.17, 15) is 4.79 Å². The minimum Gasteiger partial charge on any atom is -0.491 e. The summed E-state index contributed by atoms with van der Waals surface area (Å²) < 4.78 is 7.46. The van der Waals surface area contributed by atoms with Crippen molar-refractivity contribution >= 4 is 34.4 Å². The molecule has 0 saturated carbocycles. The number of nitrogens with zero attached hydrogens (tertiary/aromatic N) is 3. The van der Waals surface area contributed by atoms with Crippen molar-refractivity contribution in [2.75, 3.05) is 11.1 Å². The number of thioether (sulfide) groups is 1. The molecule has 1 N–H and O–H groups in total. The van der Waals surface area contributed by atoms with Crippen LogP contribution in [-0.4, -0.2) is 32.5 Å². The molecule has 25 heavy (non-hydrogen) atoms. The zero-order chi connectivity index (χ0) is 17.8. The van der Waals surface area contributed by atoms with Crippen molar-refractivity contribution in [1.29, 1.82) is 0 Å². The van der Waals surface area contributed by atoms with E-state index in [1.807, 2.05) is 51.2 Å². The number of fused-ring (bicyclic) bond motifs is 1. The van der Waals surface area contributed by atoms with E-state index >= 15 is 0 Å². The van der Waals surface area contributed by atoms with Gasteiger partial charge in [-0.05, 0) is 38.1 Å². The van der Waals surface area contributed by atoms with Gasteiger partial charge in [-0.25, -0.2) is 0 Å². The summed E-state index contributed by atoms with van der Waals surface area (Å²) >= 11 is 1.46. The predicted octanol–water partition coefficient (Wildman–Crippen LogP) is 3.49. The van der Waals surface area contributed by atoms with Crippen LogP contribution in [0.25, 0.3) is 10.9 Å². The number of ether oxygens (including phenoxy) is 1. The molecule has 130 valence electrons. The van der Waals surface area contributed by atoms with Gasteiger partial charge in [-0.3, -0.25) is 14.5 Å². The van der Waals surface area contributed by atoms with Gasteiger partial charge in [0.25, 0.3) is 0 Å². The fourth-order valence-electron chi connectivity index (χ4n) is 2.43. The number of hydrogen-bond acceptors (Lipinski definition) is 5. The number of carbonyl (C=O) groups is 1. The summed E-state index contributed by atoms with van der Waals surface area (Å²) in [6, 6.07) is 9.51. The van der Waals surface area contributed by atoms with E-state index in [2.05, 4.69) is 15.4 Å². The van der Waals surface area contributed by atoms with Crippen molar-refractivity contribution in [1.82, 2.24) is 14.8 Å². The highest BCUT2D eigenvalue weighted by Gasteiger charge is 2.13. The zero-order valence-electron chi connectivity index (χ0n) is 14.4. The van der Waals surface area contributed by atoms with Crippen molar-refractivity contribution in [3.8, 4) is 5.75 Å². The maximum atomic E-state index is 12.2. The topological polar surface area (TPSA) is 69.0 Å². The predicted molar refractivity (Wildman–Crippen MR) is 100 cm³/mol. The molecule has 7 heteroatoms. The molecular formula is C18H20N4O2S. The van der Waals surface area contributed by atoms with Gasteiger partial charge in [0.05, 0.1) is 17.4 Å². The van der Waals surface area contributed by atoms with Crippen LogP contribution in [0.3, 0.4) is 0 Å². The normalized spacial score (nSPS) is 11.0. The van der Waals surface area contributed by atoms with Gasteiger partial charge in [-0.1, -0.05) is 0 Å². The third-order valence-corrected chi connectivity index (χ3v) is 4.48. The highest BCUT2D eigenvalue weighted by atomic mass is 32.2. The average Bonchev–Trinajstić information content (AvgIpc) is 2.89. The van der Waals surface area contributed by atoms with Crippen molar-refractivity contribution in [2.45, 2.75) is 24.8 Å². The van der Waals surface area contributed by atoms with Crippen LogP contribution in [0, 0.1) is 0 Å². The highest BCUT2D eigenvalue weighted by molar-refractivity contribution is 8.00. The Bertz CT molecular complexity index is 877. The fourth-order valence-corrected chi connectivity index (χ4v) is 3.11. The Morgan fingerprint density at radius 1 is 1.28 bits per heavy atom. The maximum Gasteiger partial charge on any atom is 0.235 e. The number of aryl methyl sites for hydroxylation is 1. The lowest BCUT2D eigenvalue weighted by Gasteiger charge is -2.09. The third-order valence-electron chi connectivity index (χ3n) is 3.47. The Morgan fingerprint density at radius 2 is 2.04 bits per heavy atom. The molecule has 0 aliphatic carbocycles. The summed E-state index contributed by atoms with van der Waals surface area (Å²) in [5.41, 5.74) is 0.912. The smallest absolute Gasteiger partial charge is 0.235 e. The molecule has 6 nitrogen and oxygen atoms in total. The molecule has 0 unspecified atom stereocenters. The maximum absolute atomic E-state index is 12.2. The second kappa shape index (κ2) is 7.57. The van der Waals surface area contributed by atoms with Gasteiger partial charge in [0, 0.05) is 35.8 Å². The molecule has 0 bridgehead atoms. The van der Waals surface area contributed by atoms with Crippen LogP contribution in [0.5, 0.6) is 5.75 Å². The number of hydrogen-bond donors (Lipinski definition) is 1. The average molecular weight is 356 g/mol. The van der Waals surface area contributed by atoms with Gasteiger partial charge in [-0.15, -0.1) is 11.8 Å². The minimum absolute atomic E-state index is 0.0932. The second-order valence-corrected chi connectivity index (χ2v) is 6.89. The first-order valence-corrected chi connectivity index (χ1v) is 8.97. The number of benzene rings is 1. The Morgan fingerprint density at radius 3 is 2.76 bits per heavy atom. The van der Waals surface area contributed by atoms with E-state index in [-0.39, 0.29) is 12.0 Å². The highest BCUT2D eigenvalue weighted by Crippen LogP contribution is 2.27. The molecule has 2 aromatic heterocycles. The molecule has 0 spiro atoms. The Kier molecular flexibility index (Phi) is 5.23. The zero-order valence-corrected chi connectivity index (χ0v) is 15.2. The lowest BCUT2D eigenvalue weighted by atomic mass is 10.2. The van der Waals surface area contributed by atoms with E-state index in [0.29, 0.717) is 11.6 Å². The van der Waals surface area contributed by atoms with E-state index in [4.69, 9.17) is 4.74 Å². The monoisotopic (exact) mass is 356 g/mol. The molecule has 1 amide bonds. The molecule has 0 saturated heterocycles. The largest absolute Gasteiger partial charge is 0.491 e. The van der Waals surface area contributed by atoms with Crippen LogP contribution in [-0.2, 0) is 11.8 Å². The molecule has 0 aliphatic heterocycles. The van der Waals surface area contributed by atoms with Gasteiger partial charge in [0.1, 0.15) is 5.75 Å². The van der Waals surface area contributed by atoms with Gasteiger partial charge in [0.2, 0.25) is 5.91 Å². The molecule has 1 aromatic carbocycles. The first kappa shape index (κ1) is 17.3. The van der Waals surface area contributed by atoms with Crippen LogP contribution >= 0.6 is 11.8 Å². The Balaban J connectivity index is 1.71. The third kappa shape index (κ3) is 4.30. The Hall–Kier alpha value is -2.54. The first-order chi connectivity index (χ1) is 12.0. The van der Waals surface area contributed by atoms with Crippen molar-refractivity contribution in [3.05, 3.63) is 42.7 Å². The second-order valence-electron chi connectivity index (χ2n) is 5.84. The Labute approximate surface area is 150 Å². The molecule has 3 aromatic rings. The van der Waals surface area contributed by atoms with Gasteiger partial charge >= 0.3 is 0 Å². The van der Waals surface area contributed by atoms with Gasteiger partial charge in [0.15, 0.2) is 5.82 Å². The molecule has 0 fully saturated rings. The van der Waals surface area contributed by atoms with Crippen LogP contribution in [0.4, 0.5) is 5.82 Å². The summed E-state index contributed by atoms with van der Waals surface area (Å²) in [5, 5.41) is 8.19. The van der Waals surface area contributed by atoms with Crippen LogP contribution in [0.2, 0.25) is 0 Å². The molecule has 0 aliphatic rings. The molecule has 0 radical (unpaired) electrons. The number of pyridine rings is 1. The minimum atomic E-state index is -0.0932. The summed E-state index contributed by atoms with van der Waals surface area (Å²) in [6.07, 6.45) is 3.53. The van der Waals surface area contributed by atoms with Crippen molar-refractivity contribution < 1.29 is 9.53 Å². The standard InChI is InChI=1S/C18H20N4O2S/c1-12(2)24-13-4-5-15-16(10-13)22(3)21-18(15)20-17(23)11-25-14-6-8-19-9-7-14/h4-10,12H,11H2,1-3H3,(H,20,21,23). The fraction of sp³-hybridized carbons (Fsp3) is 0.278. The molecule has 2 heterocycles. The van der Waals surface area contributed by atoms with Crippen LogP contribution in [0.1, 0.15) is 13.8 Å². The number of nitrogens with one attached hydrogen (secondary N) is 1. The van der Waals surface area contributed by atoms with E-state index in [1.165, 1.54) is 11.8 Å². The summed E-state index contributed by atoms with van der Waals surface area (Å²) in [7, 11) is 1.85. The molecule has 3 rings (SSSR count). The number of rotatable bonds is 6. The van der Waals surface area contributed by atoms with Gasteiger partial charge in [-0.2, -0.15) is 5.10 Å². The summed E-state index contributed by atoms with van der Waals surface area (Å²) in [4.78, 5) is 17.2. The van der Waals surface area contributed by atoms with Crippen molar-refractivity contribution in [2.24, 2.45) is 7.05 Å². The number of amides is 1. The number of aromatic nitrogens is 3. The van der Waals surface area contributed by atoms with E-state index in [1.54, 1.807) is 17.1 Å². The lowest BCUT2D eigenvalue weighted by molar-refractivity contribution is -0.113. The van der Waals surface area contributed by atoms with Gasteiger partial charge < -0.3 is 10.1 Å². The van der Waals surface area contributed by atoms with E-state index in [0.717, 1.165) is 21.5 Å². The SMILES string of the molecule is CC(C)Oc1ccc2c(NC(=O)CSc3ccncc3)nn(C)c2c1. The van der Waals surface area contributed by atoms with Crippen LogP contribution < -0.4 is 10.1 Å². The van der Waals surface area contributed by atoms with Crippen LogP contribution in [0.15, 0.2) is 47.6 Å². The quantitative estimate of drug-likeness (QED) is 0.685. The number of carbonyl (C=O) groups excluding carboxylic acids is 1. The molecular weight excluding hydrogens is 336 g/mol. The molecule has 0 atom stereocenters.